The molecule has 1 aromatic carbocycles. The smallest absolute Gasteiger partial charge is 0.274 e. The number of hydrogen-bond acceptors (Lipinski definition) is 4. The van der Waals surface area contributed by atoms with E-state index in [0.717, 1.165) is 25.0 Å². The number of fused-ring (bicyclic) bond motifs is 1. The first-order valence-electron chi connectivity index (χ1n) is 12.5. The van der Waals surface area contributed by atoms with E-state index in [1.807, 2.05) is 13.0 Å². The van der Waals surface area contributed by atoms with E-state index < -0.39 is 5.91 Å². The van der Waals surface area contributed by atoms with Gasteiger partial charge in [-0.2, -0.15) is 0 Å². The SMILES string of the molecule is C=CC1=C(/C=C\C)CCc2ccccc2N1C(C)(C)CC(C)C/C(=C/C(=C\CC)C(=O)NO)OC. The van der Waals surface area contributed by atoms with Crippen LogP contribution in [0.25, 0.3) is 0 Å². The molecule has 0 bridgehead atoms. The van der Waals surface area contributed by atoms with E-state index in [2.05, 4.69) is 75.6 Å². The van der Waals surface area contributed by atoms with Crippen molar-refractivity contribution in [3.05, 3.63) is 89.4 Å². The van der Waals surface area contributed by atoms with Gasteiger partial charge < -0.3 is 9.64 Å². The molecule has 2 rings (SSSR count). The van der Waals surface area contributed by atoms with Gasteiger partial charge in [0.2, 0.25) is 0 Å². The number of carbonyl (C=O) groups is 1. The van der Waals surface area contributed by atoms with Gasteiger partial charge in [0.1, 0.15) is 0 Å². The number of nitrogens with zero attached hydrogens (tertiary/aromatic N) is 1. The summed E-state index contributed by atoms with van der Waals surface area (Å²) in [6, 6.07) is 8.65. The molecule has 0 radical (unpaired) electrons. The highest BCUT2D eigenvalue weighted by Gasteiger charge is 2.34. The number of ether oxygens (including phenoxy) is 1. The summed E-state index contributed by atoms with van der Waals surface area (Å²) in [4.78, 5) is 14.5. The van der Waals surface area contributed by atoms with Crippen LogP contribution in [0.4, 0.5) is 5.69 Å². The van der Waals surface area contributed by atoms with Crippen LogP contribution in [0.1, 0.15) is 65.9 Å². The minimum Gasteiger partial charge on any atom is -0.501 e. The zero-order valence-electron chi connectivity index (χ0n) is 22.2. The Morgan fingerprint density at radius 2 is 2.03 bits per heavy atom. The summed E-state index contributed by atoms with van der Waals surface area (Å²) >= 11 is 0. The van der Waals surface area contributed by atoms with E-state index in [4.69, 9.17) is 9.94 Å². The summed E-state index contributed by atoms with van der Waals surface area (Å²) in [7, 11) is 1.62. The molecule has 0 aromatic heterocycles. The van der Waals surface area contributed by atoms with E-state index >= 15 is 0 Å². The van der Waals surface area contributed by atoms with Crippen LogP contribution in [0.2, 0.25) is 0 Å². The quantitative estimate of drug-likeness (QED) is 0.118. The van der Waals surface area contributed by atoms with Gasteiger partial charge in [0.25, 0.3) is 5.91 Å². The molecule has 35 heavy (non-hydrogen) atoms. The third-order valence-corrected chi connectivity index (χ3v) is 6.40. The molecule has 2 N–H and O–H groups in total. The minimum absolute atomic E-state index is 0.209. The Balaban J connectivity index is 2.41. The lowest BCUT2D eigenvalue weighted by Gasteiger charge is -2.43. The molecule has 0 fully saturated rings. The second-order valence-corrected chi connectivity index (χ2v) is 9.73. The Morgan fingerprint density at radius 3 is 2.63 bits per heavy atom. The van der Waals surface area contributed by atoms with Crippen molar-refractivity contribution >= 4 is 11.6 Å². The Kier molecular flexibility index (Phi) is 10.6. The maximum absolute atomic E-state index is 12.0. The van der Waals surface area contributed by atoms with Crippen LogP contribution in [0.3, 0.4) is 0 Å². The molecule has 1 atom stereocenters. The van der Waals surface area contributed by atoms with Crippen LogP contribution in [0, 0.1) is 5.92 Å². The average molecular weight is 479 g/mol. The minimum atomic E-state index is -0.534. The van der Waals surface area contributed by atoms with E-state index in [9.17, 15) is 4.79 Å². The van der Waals surface area contributed by atoms with E-state index in [0.29, 0.717) is 24.2 Å². The number of nitrogens with one attached hydrogen (secondary N) is 1. The Morgan fingerprint density at radius 1 is 1.31 bits per heavy atom. The van der Waals surface area contributed by atoms with Gasteiger partial charge in [-0.15, -0.1) is 0 Å². The summed E-state index contributed by atoms with van der Waals surface area (Å²) < 4.78 is 5.63. The number of aryl methyl sites for hydroxylation is 1. The van der Waals surface area contributed by atoms with Gasteiger partial charge in [-0.05, 0) is 81.7 Å². The van der Waals surface area contributed by atoms with Crippen molar-refractivity contribution in [2.45, 2.75) is 72.3 Å². The molecule has 0 aliphatic carbocycles. The summed E-state index contributed by atoms with van der Waals surface area (Å²) in [5.41, 5.74) is 6.93. The Bertz CT molecular complexity index is 1010. The van der Waals surface area contributed by atoms with Gasteiger partial charge >= 0.3 is 0 Å². The lowest BCUT2D eigenvalue weighted by atomic mass is 9.86. The normalized spacial score (nSPS) is 16.1. The topological polar surface area (TPSA) is 61.8 Å². The number of para-hydroxylation sites is 1. The first-order chi connectivity index (χ1) is 16.7. The van der Waals surface area contributed by atoms with Crippen LogP contribution < -0.4 is 10.4 Å². The maximum atomic E-state index is 12.0. The van der Waals surface area contributed by atoms with Crippen molar-refractivity contribution < 1.29 is 14.7 Å². The Labute approximate surface area is 211 Å². The highest BCUT2D eigenvalue weighted by molar-refractivity contribution is 5.95. The number of amides is 1. The molecule has 0 spiro atoms. The predicted molar refractivity (Wildman–Crippen MR) is 145 cm³/mol. The standard InChI is InChI=1S/C30H42N2O3/c1-8-13-23-17-18-24-15-11-12-16-28(24)32(27(23)10-3)30(5,6)21-22(4)19-26(35-7)20-25(14-9-2)29(33)31-34/h8,10-16,20,22,34H,3,9,17-19,21H2,1-2,4-7H3,(H,31,33)/b13-8-,25-14+,26-20-. The van der Waals surface area contributed by atoms with Crippen molar-refractivity contribution in [3.63, 3.8) is 0 Å². The zero-order valence-corrected chi connectivity index (χ0v) is 22.2. The summed E-state index contributed by atoms with van der Waals surface area (Å²) in [6.07, 6.45) is 14.0. The van der Waals surface area contributed by atoms with Crippen molar-refractivity contribution in [1.82, 2.24) is 5.48 Å². The van der Waals surface area contributed by atoms with Crippen LogP contribution in [-0.2, 0) is 16.0 Å². The molecule has 1 heterocycles. The highest BCUT2D eigenvalue weighted by atomic mass is 16.5. The summed E-state index contributed by atoms with van der Waals surface area (Å²) in [6.45, 7) is 14.9. The fraction of sp³-hybridized carbons (Fsp3) is 0.433. The molecule has 1 aliphatic rings. The van der Waals surface area contributed by atoms with Crippen molar-refractivity contribution in [1.29, 1.82) is 0 Å². The van der Waals surface area contributed by atoms with E-state index in [1.165, 1.54) is 16.8 Å². The number of allylic oxidation sites excluding steroid dienone is 6. The first-order valence-corrected chi connectivity index (χ1v) is 12.5. The van der Waals surface area contributed by atoms with Crippen LogP contribution >= 0.6 is 0 Å². The monoisotopic (exact) mass is 478 g/mol. The van der Waals surface area contributed by atoms with Gasteiger partial charge in [0.05, 0.1) is 12.9 Å². The maximum Gasteiger partial charge on any atom is 0.274 e. The second kappa shape index (κ2) is 13.1. The van der Waals surface area contributed by atoms with Crippen LogP contribution in [0.5, 0.6) is 0 Å². The average Bonchev–Trinajstić information content (AvgIpc) is 2.99. The predicted octanol–water partition coefficient (Wildman–Crippen LogP) is 7.02. The molecule has 1 aliphatic heterocycles. The number of carbonyl (C=O) groups excluding carboxylic acids is 1. The molecule has 190 valence electrons. The lowest BCUT2D eigenvalue weighted by molar-refractivity contribution is -0.124. The molecule has 1 amide bonds. The van der Waals surface area contributed by atoms with Crippen molar-refractivity contribution in [3.8, 4) is 0 Å². The summed E-state index contributed by atoms with van der Waals surface area (Å²) in [5, 5.41) is 9.07. The van der Waals surface area contributed by atoms with Gasteiger partial charge in [0, 0.05) is 28.9 Å². The second-order valence-electron chi connectivity index (χ2n) is 9.73. The molecule has 1 aromatic rings. The van der Waals surface area contributed by atoms with E-state index in [-0.39, 0.29) is 11.5 Å². The largest absolute Gasteiger partial charge is 0.501 e. The molecule has 0 saturated carbocycles. The number of benzene rings is 1. The molecular formula is C30H42N2O3. The number of hydroxylamine groups is 1. The van der Waals surface area contributed by atoms with Crippen LogP contribution in [0.15, 0.2) is 83.8 Å². The third-order valence-electron chi connectivity index (χ3n) is 6.40. The van der Waals surface area contributed by atoms with Gasteiger partial charge in [-0.25, -0.2) is 5.48 Å². The summed E-state index contributed by atoms with van der Waals surface area (Å²) in [5.74, 6) is 0.442. The lowest BCUT2D eigenvalue weighted by Crippen LogP contribution is -2.45. The van der Waals surface area contributed by atoms with Crippen LogP contribution in [-0.4, -0.2) is 23.8 Å². The van der Waals surface area contributed by atoms with E-state index in [1.54, 1.807) is 24.7 Å². The van der Waals surface area contributed by atoms with Crippen molar-refractivity contribution in [2.24, 2.45) is 5.92 Å². The van der Waals surface area contributed by atoms with Gasteiger partial charge in [-0.1, -0.05) is 56.9 Å². The number of rotatable bonds is 11. The molecular weight excluding hydrogens is 436 g/mol. The Hall–Kier alpha value is -3.05. The molecule has 5 nitrogen and oxygen atoms in total. The fourth-order valence-corrected chi connectivity index (χ4v) is 5.09. The first kappa shape index (κ1) is 28.2. The van der Waals surface area contributed by atoms with Crippen molar-refractivity contribution in [2.75, 3.05) is 12.0 Å². The molecule has 1 unspecified atom stereocenters. The molecule has 0 saturated heterocycles. The fourth-order valence-electron chi connectivity index (χ4n) is 5.09. The highest BCUT2D eigenvalue weighted by Crippen LogP contribution is 2.40. The third kappa shape index (κ3) is 7.22. The van der Waals surface area contributed by atoms with Gasteiger partial charge in [-0.3, -0.25) is 10.0 Å². The zero-order chi connectivity index (χ0) is 26.0. The number of methoxy groups -OCH3 is 1. The van der Waals surface area contributed by atoms with Gasteiger partial charge in [0.15, 0.2) is 0 Å². The molecule has 5 heteroatoms. The number of hydrogen-bond donors (Lipinski definition) is 2. The number of anilines is 1.